The van der Waals surface area contributed by atoms with Crippen LogP contribution in [0.1, 0.15) is 44.9 Å². The molecule has 1 heterocycles. The second-order valence-electron chi connectivity index (χ2n) is 5.78. The van der Waals surface area contributed by atoms with Crippen molar-refractivity contribution in [2.45, 2.75) is 57.1 Å². The van der Waals surface area contributed by atoms with Crippen LogP contribution in [0.2, 0.25) is 0 Å². The van der Waals surface area contributed by atoms with E-state index in [1.165, 1.54) is 38.5 Å². The molecule has 100 valence electrons. The molecule has 1 aliphatic carbocycles. The normalized spacial score (nSPS) is 29.5. The molecule has 1 saturated heterocycles. The van der Waals surface area contributed by atoms with Crippen LogP contribution in [0.15, 0.2) is 0 Å². The average molecular weight is 241 g/mol. The lowest BCUT2D eigenvalue weighted by Gasteiger charge is -2.30. The molecule has 1 saturated carbocycles. The summed E-state index contributed by atoms with van der Waals surface area (Å²) in [6.45, 7) is 2.40. The maximum atomic E-state index is 10.2. The third-order valence-electron chi connectivity index (χ3n) is 4.43. The van der Waals surface area contributed by atoms with Gasteiger partial charge in [-0.3, -0.25) is 0 Å². The first-order valence-corrected chi connectivity index (χ1v) is 7.23. The van der Waals surface area contributed by atoms with Crippen molar-refractivity contribution >= 4 is 0 Å². The van der Waals surface area contributed by atoms with Crippen LogP contribution in [-0.2, 0) is 4.74 Å². The van der Waals surface area contributed by atoms with E-state index >= 15 is 0 Å². The fourth-order valence-electron chi connectivity index (χ4n) is 3.15. The Hall–Kier alpha value is -0.120. The zero-order valence-electron chi connectivity index (χ0n) is 11.1. The molecule has 0 amide bonds. The SMILES string of the molecule is CN(CC(O)C1CCOC1)C1CCCCCC1. The van der Waals surface area contributed by atoms with Crippen LogP contribution in [0.5, 0.6) is 0 Å². The van der Waals surface area contributed by atoms with Gasteiger partial charge in [0.1, 0.15) is 0 Å². The maximum Gasteiger partial charge on any atom is 0.0718 e. The summed E-state index contributed by atoms with van der Waals surface area (Å²) in [4.78, 5) is 2.38. The smallest absolute Gasteiger partial charge is 0.0718 e. The quantitative estimate of drug-likeness (QED) is 0.765. The number of nitrogens with zero attached hydrogens (tertiary/aromatic N) is 1. The topological polar surface area (TPSA) is 32.7 Å². The van der Waals surface area contributed by atoms with Gasteiger partial charge in [-0.2, -0.15) is 0 Å². The third-order valence-corrected chi connectivity index (χ3v) is 4.43. The average Bonchev–Trinajstić information content (AvgIpc) is 2.71. The molecule has 2 fully saturated rings. The molecule has 2 rings (SSSR count). The van der Waals surface area contributed by atoms with Gasteiger partial charge in [-0.05, 0) is 26.3 Å². The second-order valence-corrected chi connectivity index (χ2v) is 5.78. The molecule has 2 atom stereocenters. The van der Waals surface area contributed by atoms with Gasteiger partial charge < -0.3 is 14.7 Å². The molecule has 17 heavy (non-hydrogen) atoms. The Morgan fingerprint density at radius 3 is 2.47 bits per heavy atom. The highest BCUT2D eigenvalue weighted by Crippen LogP contribution is 2.23. The lowest BCUT2D eigenvalue weighted by atomic mass is 10.00. The fourth-order valence-corrected chi connectivity index (χ4v) is 3.15. The standard InChI is InChI=1S/C14H27NO2/c1-15(13-6-4-2-3-5-7-13)10-14(16)12-8-9-17-11-12/h12-14,16H,2-11H2,1H3. The van der Waals surface area contributed by atoms with E-state index in [0.29, 0.717) is 12.0 Å². The van der Waals surface area contributed by atoms with Gasteiger partial charge in [-0.1, -0.05) is 25.7 Å². The molecule has 0 spiro atoms. The molecule has 0 aromatic carbocycles. The fraction of sp³-hybridized carbons (Fsp3) is 1.00. The van der Waals surface area contributed by atoms with Crippen molar-refractivity contribution in [3.8, 4) is 0 Å². The van der Waals surface area contributed by atoms with Crippen LogP contribution in [0.25, 0.3) is 0 Å². The zero-order valence-corrected chi connectivity index (χ0v) is 11.1. The minimum Gasteiger partial charge on any atom is -0.391 e. The molecule has 0 bridgehead atoms. The number of aliphatic hydroxyl groups is 1. The van der Waals surface area contributed by atoms with E-state index in [9.17, 15) is 5.11 Å². The van der Waals surface area contributed by atoms with E-state index in [2.05, 4.69) is 11.9 Å². The lowest BCUT2D eigenvalue weighted by molar-refractivity contribution is 0.0487. The number of rotatable bonds is 4. The Kier molecular flexibility index (Phi) is 5.26. The minimum atomic E-state index is -0.203. The van der Waals surface area contributed by atoms with Crippen LogP contribution in [-0.4, -0.2) is 49.0 Å². The highest BCUT2D eigenvalue weighted by atomic mass is 16.5. The number of hydrogen-bond acceptors (Lipinski definition) is 3. The van der Waals surface area contributed by atoms with E-state index in [-0.39, 0.29) is 6.10 Å². The van der Waals surface area contributed by atoms with Crippen molar-refractivity contribution in [2.24, 2.45) is 5.92 Å². The largest absolute Gasteiger partial charge is 0.391 e. The Bertz CT molecular complexity index is 208. The molecule has 1 aliphatic heterocycles. The number of ether oxygens (including phenoxy) is 1. The molecule has 3 nitrogen and oxygen atoms in total. The summed E-state index contributed by atoms with van der Waals surface area (Å²) in [7, 11) is 2.18. The van der Waals surface area contributed by atoms with Gasteiger partial charge in [-0.15, -0.1) is 0 Å². The Balaban J connectivity index is 1.76. The van der Waals surface area contributed by atoms with Gasteiger partial charge in [0, 0.05) is 25.1 Å². The van der Waals surface area contributed by atoms with E-state index in [1.807, 2.05) is 0 Å². The molecule has 0 aromatic heterocycles. The summed E-state index contributed by atoms with van der Waals surface area (Å²) < 4.78 is 5.35. The summed E-state index contributed by atoms with van der Waals surface area (Å²) in [6, 6.07) is 0.689. The molecule has 3 heteroatoms. The van der Waals surface area contributed by atoms with E-state index in [4.69, 9.17) is 4.74 Å². The van der Waals surface area contributed by atoms with Crippen molar-refractivity contribution in [3.63, 3.8) is 0 Å². The second kappa shape index (κ2) is 6.72. The van der Waals surface area contributed by atoms with Gasteiger partial charge in [0.05, 0.1) is 12.7 Å². The van der Waals surface area contributed by atoms with Gasteiger partial charge in [-0.25, -0.2) is 0 Å². The van der Waals surface area contributed by atoms with E-state index in [1.54, 1.807) is 0 Å². The molecule has 1 N–H and O–H groups in total. The number of hydrogen-bond donors (Lipinski definition) is 1. The summed E-state index contributed by atoms with van der Waals surface area (Å²) in [5.41, 5.74) is 0. The van der Waals surface area contributed by atoms with Crippen molar-refractivity contribution in [1.82, 2.24) is 4.90 Å². The predicted octanol–water partition coefficient (Wildman–Crippen LogP) is 2.04. The molecular weight excluding hydrogens is 214 g/mol. The Morgan fingerprint density at radius 1 is 1.18 bits per heavy atom. The Labute approximate surface area is 105 Å². The predicted molar refractivity (Wildman–Crippen MR) is 69.1 cm³/mol. The summed E-state index contributed by atoms with van der Waals surface area (Å²) >= 11 is 0. The summed E-state index contributed by atoms with van der Waals surface area (Å²) in [5, 5.41) is 10.2. The number of likely N-dealkylation sites (N-methyl/N-ethyl adjacent to an activating group) is 1. The van der Waals surface area contributed by atoms with Crippen LogP contribution < -0.4 is 0 Å². The molecule has 2 unspecified atom stereocenters. The van der Waals surface area contributed by atoms with Crippen molar-refractivity contribution in [1.29, 1.82) is 0 Å². The van der Waals surface area contributed by atoms with Gasteiger partial charge in [0.25, 0.3) is 0 Å². The molecule has 2 aliphatic rings. The van der Waals surface area contributed by atoms with Crippen LogP contribution >= 0.6 is 0 Å². The first kappa shape index (κ1) is 13.3. The maximum absolute atomic E-state index is 10.2. The molecule has 0 radical (unpaired) electrons. The zero-order chi connectivity index (χ0) is 12.1. The van der Waals surface area contributed by atoms with E-state index in [0.717, 1.165) is 26.2 Å². The Morgan fingerprint density at radius 2 is 1.88 bits per heavy atom. The van der Waals surface area contributed by atoms with Crippen LogP contribution in [0.4, 0.5) is 0 Å². The summed E-state index contributed by atoms with van der Waals surface area (Å²) in [6.07, 6.45) is 8.95. The van der Waals surface area contributed by atoms with Crippen LogP contribution in [0, 0.1) is 5.92 Å². The van der Waals surface area contributed by atoms with Crippen molar-refractivity contribution in [2.75, 3.05) is 26.8 Å². The van der Waals surface area contributed by atoms with E-state index < -0.39 is 0 Å². The molecular formula is C14H27NO2. The monoisotopic (exact) mass is 241 g/mol. The van der Waals surface area contributed by atoms with Crippen molar-refractivity contribution in [3.05, 3.63) is 0 Å². The highest BCUT2D eigenvalue weighted by Gasteiger charge is 2.27. The van der Waals surface area contributed by atoms with Gasteiger partial charge in [0.2, 0.25) is 0 Å². The van der Waals surface area contributed by atoms with Gasteiger partial charge in [0.15, 0.2) is 0 Å². The van der Waals surface area contributed by atoms with Gasteiger partial charge >= 0.3 is 0 Å². The first-order valence-electron chi connectivity index (χ1n) is 7.23. The lowest BCUT2D eigenvalue weighted by Crippen LogP contribution is -2.40. The summed E-state index contributed by atoms with van der Waals surface area (Å²) in [5.74, 6) is 0.364. The molecule has 0 aromatic rings. The number of aliphatic hydroxyl groups excluding tert-OH is 1. The first-order chi connectivity index (χ1) is 8.27. The minimum absolute atomic E-state index is 0.203. The third kappa shape index (κ3) is 3.94. The van der Waals surface area contributed by atoms with Crippen molar-refractivity contribution < 1.29 is 9.84 Å². The van der Waals surface area contributed by atoms with Crippen LogP contribution in [0.3, 0.4) is 0 Å². The highest BCUT2D eigenvalue weighted by molar-refractivity contribution is 4.79.